The lowest BCUT2D eigenvalue weighted by Crippen LogP contribution is -2.41. The monoisotopic (exact) mass is 538 g/mol. The maximum absolute atomic E-state index is 13.4. The maximum atomic E-state index is 13.4. The molecule has 3 aliphatic rings. The average Bonchev–Trinajstić information content (AvgIpc) is 3.47. The van der Waals surface area contributed by atoms with Gasteiger partial charge in [0, 0.05) is 29.2 Å². The van der Waals surface area contributed by atoms with Crippen LogP contribution < -0.4 is 10.2 Å². The number of hydrogen-bond donors (Lipinski definition) is 1. The Labute approximate surface area is 218 Å². The zero-order valence-corrected chi connectivity index (χ0v) is 21.1. The Hall–Kier alpha value is -1.96. The molecular formula is C24H22Cl4N4O2. The Kier molecular flexibility index (Phi) is 6.46. The van der Waals surface area contributed by atoms with Crippen molar-refractivity contribution in [2.75, 3.05) is 13.1 Å². The van der Waals surface area contributed by atoms with Gasteiger partial charge in [0.05, 0.1) is 21.4 Å². The molecule has 34 heavy (non-hydrogen) atoms. The Morgan fingerprint density at radius 2 is 1.82 bits per heavy atom. The number of hydrogen-bond acceptors (Lipinski definition) is 4. The van der Waals surface area contributed by atoms with E-state index >= 15 is 0 Å². The van der Waals surface area contributed by atoms with Crippen molar-refractivity contribution in [1.82, 2.24) is 20.2 Å². The van der Waals surface area contributed by atoms with E-state index in [0.717, 1.165) is 24.3 Å². The summed E-state index contributed by atoms with van der Waals surface area (Å²) in [6, 6.07) is 10.7. The van der Waals surface area contributed by atoms with E-state index in [1.165, 1.54) is 19.3 Å². The number of halogens is 4. The number of carbonyl (C=O) groups excluding carboxylic acids is 1. The van der Waals surface area contributed by atoms with Crippen molar-refractivity contribution >= 4 is 53.1 Å². The smallest absolute Gasteiger partial charge is 0.286 e. The lowest BCUT2D eigenvalue weighted by molar-refractivity contribution is 0.0806. The van der Waals surface area contributed by atoms with E-state index in [1.807, 2.05) is 17.1 Å². The molecule has 2 unspecified atom stereocenters. The normalized spacial score (nSPS) is 20.7. The third-order valence-corrected chi connectivity index (χ3v) is 7.74. The molecule has 1 N–H and O–H groups in total. The second-order valence-corrected chi connectivity index (χ2v) is 10.1. The Morgan fingerprint density at radius 3 is 2.56 bits per heavy atom. The van der Waals surface area contributed by atoms with Crippen molar-refractivity contribution in [2.45, 2.75) is 25.9 Å². The van der Waals surface area contributed by atoms with Gasteiger partial charge in [0.2, 0.25) is 0 Å². The Bertz CT molecular complexity index is 1270. The molecule has 178 valence electrons. The van der Waals surface area contributed by atoms with Gasteiger partial charge in [-0.05, 0) is 55.0 Å². The molecule has 0 radical (unpaired) electrons. The number of benzene rings is 2. The molecule has 1 saturated heterocycles. The molecule has 6 nitrogen and oxygen atoms in total. The minimum absolute atomic E-state index is 0. The van der Waals surface area contributed by atoms with E-state index < -0.39 is 0 Å². The van der Waals surface area contributed by atoms with Crippen LogP contribution in [0.5, 0.6) is 5.75 Å². The molecule has 0 bridgehead atoms. The van der Waals surface area contributed by atoms with Crippen LogP contribution in [0.3, 0.4) is 0 Å². The van der Waals surface area contributed by atoms with Crippen LogP contribution in [0.15, 0.2) is 36.4 Å². The van der Waals surface area contributed by atoms with E-state index in [9.17, 15) is 4.79 Å². The first-order chi connectivity index (χ1) is 16.0. The van der Waals surface area contributed by atoms with Crippen LogP contribution >= 0.6 is 47.2 Å². The van der Waals surface area contributed by atoms with Crippen molar-refractivity contribution < 1.29 is 9.53 Å². The first-order valence-electron chi connectivity index (χ1n) is 11.0. The Balaban J connectivity index is 0.00000241. The fourth-order valence-corrected chi connectivity index (χ4v) is 6.10. The standard InChI is InChI=1S/C24H21Cl3N4O2.ClH/c25-15-7-8-20(19(27)9-15)31-22-16-5-2-6-18(26)23(16)33-12-17(22)21(28-31)24(32)29-30-10-13-3-1-4-14(13)11-30;/h2,5-9,13-14H,1,3-4,10-12H2,(H,29,32);1H. The molecule has 1 aromatic heterocycles. The number of fused-ring (bicyclic) bond motifs is 4. The van der Waals surface area contributed by atoms with Gasteiger partial charge >= 0.3 is 0 Å². The molecule has 2 fully saturated rings. The van der Waals surface area contributed by atoms with Crippen LogP contribution in [0.25, 0.3) is 16.9 Å². The summed E-state index contributed by atoms with van der Waals surface area (Å²) in [5.74, 6) is 1.66. The van der Waals surface area contributed by atoms with E-state index in [-0.39, 0.29) is 24.9 Å². The number of amides is 1. The Morgan fingerprint density at radius 1 is 1.06 bits per heavy atom. The van der Waals surface area contributed by atoms with Crippen molar-refractivity contribution in [3.63, 3.8) is 0 Å². The SMILES string of the molecule is Cl.O=C(NN1CC2CCCC2C1)c1nn(-c2ccc(Cl)cc2Cl)c2c1COc1c(Cl)cccc1-2. The van der Waals surface area contributed by atoms with Gasteiger partial charge in [0.25, 0.3) is 5.91 Å². The molecule has 10 heteroatoms. The number of hydrazine groups is 1. The largest absolute Gasteiger partial charge is 0.486 e. The van der Waals surface area contributed by atoms with Crippen molar-refractivity contribution in [2.24, 2.45) is 11.8 Å². The molecular weight excluding hydrogens is 518 g/mol. The number of carbonyl (C=O) groups is 1. The van der Waals surface area contributed by atoms with Gasteiger partial charge < -0.3 is 4.74 Å². The lowest BCUT2D eigenvalue weighted by Gasteiger charge is -2.21. The number of nitrogens with one attached hydrogen (secondary N) is 1. The highest BCUT2D eigenvalue weighted by molar-refractivity contribution is 6.35. The number of nitrogens with zero attached hydrogens (tertiary/aromatic N) is 3. The van der Waals surface area contributed by atoms with E-state index in [4.69, 9.17) is 44.6 Å². The van der Waals surface area contributed by atoms with Crippen molar-refractivity contribution in [3.8, 4) is 22.7 Å². The molecule has 2 atom stereocenters. The molecule has 1 saturated carbocycles. The summed E-state index contributed by atoms with van der Waals surface area (Å²) in [4.78, 5) is 13.4. The lowest BCUT2D eigenvalue weighted by atomic mass is 10.0. The zero-order chi connectivity index (χ0) is 22.7. The highest BCUT2D eigenvalue weighted by Gasteiger charge is 2.38. The summed E-state index contributed by atoms with van der Waals surface area (Å²) in [5, 5.41) is 8.21. The number of rotatable bonds is 3. The van der Waals surface area contributed by atoms with Gasteiger partial charge in [0.15, 0.2) is 5.69 Å². The highest BCUT2D eigenvalue weighted by Crippen LogP contribution is 2.44. The van der Waals surface area contributed by atoms with Gasteiger partial charge in [-0.1, -0.05) is 47.3 Å². The molecule has 3 aromatic rings. The minimum atomic E-state index is -0.246. The minimum Gasteiger partial charge on any atom is -0.486 e. The summed E-state index contributed by atoms with van der Waals surface area (Å²) < 4.78 is 7.66. The van der Waals surface area contributed by atoms with Gasteiger partial charge in [-0.3, -0.25) is 10.2 Å². The van der Waals surface area contributed by atoms with Crippen molar-refractivity contribution in [1.29, 1.82) is 0 Å². The van der Waals surface area contributed by atoms with E-state index in [1.54, 1.807) is 28.9 Å². The molecule has 2 aliphatic heterocycles. The second-order valence-electron chi connectivity index (χ2n) is 8.89. The molecule has 3 heterocycles. The first-order valence-corrected chi connectivity index (χ1v) is 12.2. The maximum Gasteiger partial charge on any atom is 0.286 e. The topological polar surface area (TPSA) is 59.4 Å². The third-order valence-electron chi connectivity index (χ3n) is 6.91. The summed E-state index contributed by atoms with van der Waals surface area (Å²) in [7, 11) is 0. The fourth-order valence-electron chi connectivity index (χ4n) is 5.38. The van der Waals surface area contributed by atoms with Crippen LogP contribution in [-0.2, 0) is 6.61 Å². The van der Waals surface area contributed by atoms with E-state index in [0.29, 0.717) is 49.6 Å². The van der Waals surface area contributed by atoms with Gasteiger partial charge in [0.1, 0.15) is 12.4 Å². The number of aromatic nitrogens is 2. The molecule has 6 rings (SSSR count). The average molecular weight is 540 g/mol. The first kappa shape index (κ1) is 23.8. The number of ether oxygens (including phenoxy) is 1. The quantitative estimate of drug-likeness (QED) is 0.431. The molecule has 1 amide bonds. The molecule has 2 aromatic carbocycles. The van der Waals surface area contributed by atoms with E-state index in [2.05, 4.69) is 5.43 Å². The predicted octanol–water partition coefficient (Wildman–Crippen LogP) is 6.19. The molecule has 1 aliphatic carbocycles. The van der Waals surface area contributed by atoms with Gasteiger partial charge in [-0.15, -0.1) is 12.4 Å². The van der Waals surface area contributed by atoms with Crippen LogP contribution in [0.4, 0.5) is 0 Å². The van der Waals surface area contributed by atoms with Crippen LogP contribution in [0.2, 0.25) is 15.1 Å². The van der Waals surface area contributed by atoms with Crippen LogP contribution in [0, 0.1) is 11.8 Å². The predicted molar refractivity (Wildman–Crippen MR) is 135 cm³/mol. The highest BCUT2D eigenvalue weighted by atomic mass is 35.5. The van der Waals surface area contributed by atoms with Crippen molar-refractivity contribution in [3.05, 3.63) is 62.7 Å². The van der Waals surface area contributed by atoms with Crippen LogP contribution in [-0.4, -0.2) is 33.8 Å². The summed E-state index contributed by atoms with van der Waals surface area (Å²) >= 11 is 19.1. The number of para-hydroxylation sites is 1. The summed E-state index contributed by atoms with van der Waals surface area (Å²) in [6.07, 6.45) is 3.76. The van der Waals surface area contributed by atoms with Gasteiger partial charge in [-0.25, -0.2) is 9.69 Å². The molecule has 0 spiro atoms. The summed E-state index contributed by atoms with van der Waals surface area (Å²) in [6.45, 7) is 1.96. The zero-order valence-electron chi connectivity index (χ0n) is 18.1. The second kappa shape index (κ2) is 9.25. The summed E-state index contributed by atoms with van der Waals surface area (Å²) in [5.41, 5.74) is 6.23. The third kappa shape index (κ3) is 3.95. The van der Waals surface area contributed by atoms with Crippen LogP contribution in [0.1, 0.15) is 35.3 Å². The fraction of sp³-hybridized carbons (Fsp3) is 0.333. The van der Waals surface area contributed by atoms with Gasteiger partial charge in [-0.2, -0.15) is 5.10 Å².